The van der Waals surface area contributed by atoms with Crippen LogP contribution in [0.5, 0.6) is 5.75 Å². The lowest BCUT2D eigenvalue weighted by atomic mass is 10.1. The Labute approximate surface area is 161 Å². The Kier molecular flexibility index (Phi) is 6.35. The third-order valence-corrected chi connectivity index (χ3v) is 3.98. The summed E-state index contributed by atoms with van der Waals surface area (Å²) in [5, 5.41) is 19.4. The minimum atomic E-state index is -0.804. The van der Waals surface area contributed by atoms with Gasteiger partial charge >= 0.3 is 5.97 Å². The molecule has 0 aliphatic heterocycles. The summed E-state index contributed by atoms with van der Waals surface area (Å²) in [6.07, 6.45) is 2.03. The quantitative estimate of drug-likeness (QED) is 0.436. The number of carboxylic acid groups (broad SMARTS) is 1. The van der Waals surface area contributed by atoms with Crippen LogP contribution in [0.25, 0.3) is 0 Å². The molecule has 2 N–H and O–H groups in total. The van der Waals surface area contributed by atoms with Gasteiger partial charge in [0.1, 0.15) is 25.8 Å². The Morgan fingerprint density at radius 2 is 2.00 bits per heavy atom. The topological polar surface area (TPSA) is 110 Å². The van der Waals surface area contributed by atoms with Gasteiger partial charge in [0.2, 0.25) is 0 Å². The number of H-pyrrole nitrogens is 1. The first-order valence-corrected chi connectivity index (χ1v) is 8.65. The number of nitrogens with one attached hydrogen (secondary N) is 1. The van der Waals surface area contributed by atoms with Gasteiger partial charge in [-0.1, -0.05) is 35.5 Å². The molecule has 0 spiro atoms. The molecule has 0 amide bonds. The SMILES string of the molecule is CON=C(c1cccc(COc2ccc(CCC(=O)O)cc2)c1)c1ncn[nH]1. The second kappa shape index (κ2) is 9.31. The van der Waals surface area contributed by atoms with E-state index in [1.807, 2.05) is 48.5 Å². The fourth-order valence-electron chi connectivity index (χ4n) is 2.62. The zero-order chi connectivity index (χ0) is 19.8. The van der Waals surface area contributed by atoms with Crippen molar-refractivity contribution < 1.29 is 19.5 Å². The number of hydrogen-bond acceptors (Lipinski definition) is 6. The van der Waals surface area contributed by atoms with E-state index in [0.29, 0.717) is 30.3 Å². The molecule has 0 atom stereocenters. The van der Waals surface area contributed by atoms with Crippen LogP contribution in [0.1, 0.15) is 28.9 Å². The average Bonchev–Trinajstić information content (AvgIpc) is 3.24. The van der Waals surface area contributed by atoms with Crippen molar-refractivity contribution in [1.29, 1.82) is 0 Å². The number of hydrogen-bond donors (Lipinski definition) is 2. The molecule has 0 saturated carbocycles. The van der Waals surface area contributed by atoms with Crippen LogP contribution < -0.4 is 4.74 Å². The number of carbonyl (C=O) groups is 1. The minimum Gasteiger partial charge on any atom is -0.489 e. The maximum Gasteiger partial charge on any atom is 0.303 e. The third kappa shape index (κ3) is 5.16. The minimum absolute atomic E-state index is 0.115. The predicted octanol–water partition coefficient (Wildman–Crippen LogP) is 2.80. The highest BCUT2D eigenvalue weighted by Gasteiger charge is 2.12. The molecule has 2 aromatic carbocycles. The van der Waals surface area contributed by atoms with Crippen LogP contribution in [-0.2, 0) is 22.7 Å². The zero-order valence-electron chi connectivity index (χ0n) is 15.3. The number of aromatic amines is 1. The fraction of sp³-hybridized carbons (Fsp3) is 0.200. The average molecular weight is 380 g/mol. The van der Waals surface area contributed by atoms with E-state index in [0.717, 1.165) is 16.7 Å². The van der Waals surface area contributed by atoms with Gasteiger partial charge in [0.25, 0.3) is 0 Å². The summed E-state index contributed by atoms with van der Waals surface area (Å²) < 4.78 is 5.83. The highest BCUT2D eigenvalue weighted by Crippen LogP contribution is 2.17. The van der Waals surface area contributed by atoms with E-state index >= 15 is 0 Å². The van der Waals surface area contributed by atoms with Crippen LogP contribution in [0.4, 0.5) is 0 Å². The summed E-state index contributed by atoms with van der Waals surface area (Å²) in [5.74, 6) is 0.421. The summed E-state index contributed by atoms with van der Waals surface area (Å²) in [6, 6.07) is 15.1. The molecule has 8 nitrogen and oxygen atoms in total. The highest BCUT2D eigenvalue weighted by molar-refractivity contribution is 6.10. The summed E-state index contributed by atoms with van der Waals surface area (Å²) >= 11 is 0. The molecular weight excluding hydrogens is 360 g/mol. The van der Waals surface area contributed by atoms with E-state index in [1.165, 1.54) is 13.4 Å². The maximum absolute atomic E-state index is 10.6. The first-order chi connectivity index (χ1) is 13.7. The standard InChI is InChI=1S/C20H20N4O4/c1-27-24-19(20-21-13-22-23-20)16-4-2-3-15(11-16)12-28-17-8-5-14(6-9-17)7-10-18(25)26/h2-6,8-9,11,13H,7,10,12H2,1H3,(H,25,26)(H,21,22,23). The largest absolute Gasteiger partial charge is 0.489 e. The Hall–Kier alpha value is -3.68. The van der Waals surface area contributed by atoms with Crippen LogP contribution in [0.2, 0.25) is 0 Å². The summed E-state index contributed by atoms with van der Waals surface area (Å²) in [7, 11) is 1.48. The second-order valence-corrected chi connectivity index (χ2v) is 5.98. The molecule has 0 aliphatic carbocycles. The molecule has 0 aliphatic rings. The van der Waals surface area contributed by atoms with E-state index in [9.17, 15) is 4.79 Å². The van der Waals surface area contributed by atoms with Crippen LogP contribution in [0, 0.1) is 0 Å². The van der Waals surface area contributed by atoms with Crippen molar-refractivity contribution in [3.05, 3.63) is 77.4 Å². The molecule has 0 unspecified atom stereocenters. The van der Waals surface area contributed by atoms with Gasteiger partial charge in [0, 0.05) is 12.0 Å². The Morgan fingerprint density at radius 1 is 1.18 bits per heavy atom. The van der Waals surface area contributed by atoms with Gasteiger partial charge < -0.3 is 14.7 Å². The number of rotatable bonds is 9. The lowest BCUT2D eigenvalue weighted by Gasteiger charge is -2.09. The Bertz CT molecular complexity index is 937. The summed E-state index contributed by atoms with van der Waals surface area (Å²) in [5.41, 5.74) is 3.29. The van der Waals surface area contributed by atoms with Gasteiger partial charge in [0.15, 0.2) is 11.5 Å². The van der Waals surface area contributed by atoms with Crippen LogP contribution >= 0.6 is 0 Å². The smallest absolute Gasteiger partial charge is 0.303 e. The molecule has 0 fully saturated rings. The number of oxime groups is 1. The number of benzene rings is 2. The number of aliphatic carboxylic acids is 1. The highest BCUT2D eigenvalue weighted by atomic mass is 16.6. The molecule has 0 saturated heterocycles. The maximum atomic E-state index is 10.6. The van der Waals surface area contributed by atoms with E-state index in [-0.39, 0.29) is 6.42 Å². The molecule has 1 heterocycles. The van der Waals surface area contributed by atoms with E-state index in [2.05, 4.69) is 20.3 Å². The monoisotopic (exact) mass is 380 g/mol. The number of aromatic nitrogens is 3. The lowest BCUT2D eigenvalue weighted by Crippen LogP contribution is -2.07. The van der Waals surface area contributed by atoms with E-state index < -0.39 is 5.97 Å². The van der Waals surface area contributed by atoms with Gasteiger partial charge in [-0.2, -0.15) is 5.10 Å². The van der Waals surface area contributed by atoms with Crippen molar-refractivity contribution in [3.63, 3.8) is 0 Å². The molecule has 0 radical (unpaired) electrons. The van der Waals surface area contributed by atoms with Gasteiger partial charge in [-0.15, -0.1) is 0 Å². The normalized spacial score (nSPS) is 11.2. The molecule has 3 rings (SSSR count). The van der Waals surface area contributed by atoms with E-state index in [1.54, 1.807) is 0 Å². The van der Waals surface area contributed by atoms with Crippen molar-refractivity contribution in [2.75, 3.05) is 7.11 Å². The fourth-order valence-corrected chi connectivity index (χ4v) is 2.62. The van der Waals surface area contributed by atoms with Crippen LogP contribution in [0.3, 0.4) is 0 Å². The molecular formula is C20H20N4O4. The first-order valence-electron chi connectivity index (χ1n) is 8.65. The number of aryl methyl sites for hydroxylation is 1. The van der Waals surface area contributed by atoms with Gasteiger partial charge in [-0.05, 0) is 35.7 Å². The first kappa shape index (κ1) is 19.1. The molecule has 1 aromatic heterocycles. The van der Waals surface area contributed by atoms with Gasteiger partial charge in [-0.3, -0.25) is 9.89 Å². The van der Waals surface area contributed by atoms with Crippen LogP contribution in [-0.4, -0.2) is 39.1 Å². The predicted molar refractivity (Wildman–Crippen MR) is 102 cm³/mol. The Morgan fingerprint density at radius 3 is 2.68 bits per heavy atom. The second-order valence-electron chi connectivity index (χ2n) is 5.98. The summed E-state index contributed by atoms with van der Waals surface area (Å²) in [4.78, 5) is 19.7. The summed E-state index contributed by atoms with van der Waals surface area (Å²) in [6.45, 7) is 0.374. The molecule has 8 heteroatoms. The molecule has 0 bridgehead atoms. The lowest BCUT2D eigenvalue weighted by molar-refractivity contribution is -0.136. The van der Waals surface area contributed by atoms with Gasteiger partial charge in [0.05, 0.1) is 0 Å². The van der Waals surface area contributed by atoms with Crippen molar-refractivity contribution in [2.45, 2.75) is 19.4 Å². The number of ether oxygens (including phenoxy) is 1. The van der Waals surface area contributed by atoms with E-state index in [4.69, 9.17) is 14.7 Å². The van der Waals surface area contributed by atoms with Crippen molar-refractivity contribution in [1.82, 2.24) is 15.2 Å². The van der Waals surface area contributed by atoms with Gasteiger partial charge in [-0.25, -0.2) is 4.98 Å². The third-order valence-electron chi connectivity index (χ3n) is 3.98. The van der Waals surface area contributed by atoms with Crippen molar-refractivity contribution in [2.24, 2.45) is 5.16 Å². The van der Waals surface area contributed by atoms with Crippen molar-refractivity contribution >= 4 is 11.7 Å². The molecule has 3 aromatic rings. The number of nitrogens with zero attached hydrogens (tertiary/aromatic N) is 3. The molecule has 144 valence electrons. The number of carboxylic acids is 1. The zero-order valence-corrected chi connectivity index (χ0v) is 15.3. The molecule has 28 heavy (non-hydrogen) atoms. The Balaban J connectivity index is 1.66. The van der Waals surface area contributed by atoms with Crippen molar-refractivity contribution in [3.8, 4) is 5.75 Å². The van der Waals surface area contributed by atoms with Crippen LogP contribution in [0.15, 0.2) is 60.0 Å².